The van der Waals surface area contributed by atoms with E-state index in [-0.39, 0.29) is 11.9 Å². The molecule has 1 aromatic heterocycles. The van der Waals surface area contributed by atoms with Gasteiger partial charge in [-0.3, -0.25) is 4.79 Å². The van der Waals surface area contributed by atoms with Gasteiger partial charge in [-0.15, -0.1) is 0 Å². The van der Waals surface area contributed by atoms with Crippen molar-refractivity contribution < 1.29 is 4.79 Å². The van der Waals surface area contributed by atoms with Gasteiger partial charge >= 0.3 is 0 Å². The monoisotopic (exact) mass is 236 g/mol. The molecule has 4 N–H and O–H groups in total. The van der Waals surface area contributed by atoms with Gasteiger partial charge in [0.2, 0.25) is 0 Å². The molecule has 5 nitrogen and oxygen atoms in total. The van der Waals surface area contributed by atoms with E-state index in [0.29, 0.717) is 18.2 Å². The van der Waals surface area contributed by atoms with E-state index in [0.717, 1.165) is 0 Å². The molecule has 5 heteroatoms. The van der Waals surface area contributed by atoms with Crippen LogP contribution >= 0.6 is 0 Å². The second-order valence-electron chi connectivity index (χ2n) is 4.68. The summed E-state index contributed by atoms with van der Waals surface area (Å²) in [6.45, 7) is 0.505. The number of hydrogen-bond acceptors (Lipinski definition) is 3. The molecule has 1 amide bonds. The molecule has 2 rings (SSSR count). The van der Waals surface area contributed by atoms with Crippen LogP contribution in [0.2, 0.25) is 0 Å². The van der Waals surface area contributed by atoms with Crippen molar-refractivity contribution in [3.8, 4) is 0 Å². The first-order valence-corrected chi connectivity index (χ1v) is 6.30. The molecule has 0 spiro atoms. The fourth-order valence-corrected chi connectivity index (χ4v) is 2.53. The van der Waals surface area contributed by atoms with Crippen LogP contribution in [0.5, 0.6) is 0 Å². The minimum atomic E-state index is -0.108. The lowest BCUT2D eigenvalue weighted by Gasteiger charge is -2.29. The van der Waals surface area contributed by atoms with Crippen LogP contribution < -0.4 is 11.1 Å². The standard InChI is InChI=1S/C12H20N4O/c13-6-10(9-4-2-1-3-5-9)16-12(17)11-7-14-8-15-11/h7-10H,1-6,13H2,(H,14,15)(H,16,17). The van der Waals surface area contributed by atoms with Gasteiger partial charge in [0.1, 0.15) is 5.69 Å². The Morgan fingerprint density at radius 1 is 1.53 bits per heavy atom. The third-order valence-electron chi connectivity index (χ3n) is 3.53. The number of imidazole rings is 1. The number of carbonyl (C=O) groups excluding carboxylic acids is 1. The van der Waals surface area contributed by atoms with Crippen LogP contribution in [0.3, 0.4) is 0 Å². The van der Waals surface area contributed by atoms with E-state index < -0.39 is 0 Å². The molecule has 1 heterocycles. The van der Waals surface area contributed by atoms with Crippen LogP contribution in [0.4, 0.5) is 0 Å². The summed E-state index contributed by atoms with van der Waals surface area (Å²) in [5.74, 6) is 0.421. The maximum Gasteiger partial charge on any atom is 0.269 e. The van der Waals surface area contributed by atoms with Gasteiger partial charge in [-0.05, 0) is 18.8 Å². The molecule has 94 valence electrons. The number of aromatic amines is 1. The number of aromatic nitrogens is 2. The van der Waals surface area contributed by atoms with Crippen LogP contribution in [0.25, 0.3) is 0 Å². The molecule has 1 unspecified atom stereocenters. The Hall–Kier alpha value is -1.36. The molecule has 1 fully saturated rings. The first kappa shape index (κ1) is 12.1. The number of nitrogens with zero attached hydrogens (tertiary/aromatic N) is 1. The van der Waals surface area contributed by atoms with Crippen molar-refractivity contribution in [2.45, 2.75) is 38.1 Å². The molecular weight excluding hydrogens is 216 g/mol. The van der Waals surface area contributed by atoms with Gasteiger partial charge in [-0.25, -0.2) is 4.98 Å². The van der Waals surface area contributed by atoms with E-state index in [4.69, 9.17) is 5.73 Å². The lowest BCUT2D eigenvalue weighted by atomic mass is 9.84. The first-order valence-electron chi connectivity index (χ1n) is 6.30. The molecule has 1 saturated carbocycles. The second-order valence-corrected chi connectivity index (χ2v) is 4.68. The van der Waals surface area contributed by atoms with Crippen molar-refractivity contribution in [1.82, 2.24) is 15.3 Å². The van der Waals surface area contributed by atoms with Gasteiger partial charge in [0.25, 0.3) is 5.91 Å². The zero-order valence-electron chi connectivity index (χ0n) is 9.98. The van der Waals surface area contributed by atoms with Gasteiger partial charge in [0.05, 0.1) is 12.5 Å². The highest BCUT2D eigenvalue weighted by atomic mass is 16.2. The molecular formula is C12H20N4O. The summed E-state index contributed by atoms with van der Waals surface area (Å²) >= 11 is 0. The Kier molecular flexibility index (Phi) is 4.14. The summed E-state index contributed by atoms with van der Waals surface area (Å²) in [5.41, 5.74) is 6.26. The largest absolute Gasteiger partial charge is 0.346 e. The van der Waals surface area contributed by atoms with Crippen LogP contribution in [-0.4, -0.2) is 28.5 Å². The number of nitrogens with two attached hydrogens (primary N) is 1. The summed E-state index contributed by atoms with van der Waals surface area (Å²) < 4.78 is 0. The number of rotatable bonds is 4. The van der Waals surface area contributed by atoms with E-state index in [1.807, 2.05) is 0 Å². The highest BCUT2D eigenvalue weighted by Gasteiger charge is 2.24. The van der Waals surface area contributed by atoms with Crippen molar-refractivity contribution in [3.63, 3.8) is 0 Å². The SMILES string of the molecule is NCC(NC(=O)c1cnc[nH]1)C1CCCCC1. The van der Waals surface area contributed by atoms with Crippen LogP contribution in [0.1, 0.15) is 42.6 Å². The molecule has 1 aliphatic rings. The molecule has 1 atom stereocenters. The average molecular weight is 236 g/mol. The highest BCUT2D eigenvalue weighted by Crippen LogP contribution is 2.26. The van der Waals surface area contributed by atoms with E-state index in [2.05, 4.69) is 15.3 Å². The molecule has 1 aliphatic carbocycles. The Balaban J connectivity index is 1.92. The molecule has 0 aromatic carbocycles. The van der Waals surface area contributed by atoms with Crippen LogP contribution in [-0.2, 0) is 0 Å². The maximum atomic E-state index is 11.9. The first-order chi connectivity index (χ1) is 8.31. The zero-order valence-corrected chi connectivity index (χ0v) is 9.98. The summed E-state index contributed by atoms with van der Waals surface area (Å²) in [4.78, 5) is 18.5. The predicted octanol–water partition coefficient (Wildman–Crippen LogP) is 1.05. The van der Waals surface area contributed by atoms with Gasteiger partial charge in [-0.1, -0.05) is 19.3 Å². The van der Waals surface area contributed by atoms with Crippen LogP contribution in [0, 0.1) is 5.92 Å². The predicted molar refractivity (Wildman–Crippen MR) is 65.5 cm³/mol. The molecule has 0 aliphatic heterocycles. The number of hydrogen-bond donors (Lipinski definition) is 3. The molecule has 0 saturated heterocycles. The lowest BCUT2D eigenvalue weighted by Crippen LogP contribution is -2.46. The van der Waals surface area contributed by atoms with E-state index in [1.54, 1.807) is 0 Å². The van der Waals surface area contributed by atoms with Crippen LogP contribution in [0.15, 0.2) is 12.5 Å². The number of carbonyl (C=O) groups is 1. The Bertz CT molecular complexity index is 343. The van der Waals surface area contributed by atoms with Crippen molar-refractivity contribution >= 4 is 5.91 Å². The minimum absolute atomic E-state index is 0.0890. The highest BCUT2D eigenvalue weighted by molar-refractivity contribution is 5.92. The Morgan fingerprint density at radius 3 is 2.88 bits per heavy atom. The third kappa shape index (κ3) is 3.06. The molecule has 0 bridgehead atoms. The average Bonchev–Trinajstić information content (AvgIpc) is 2.90. The van der Waals surface area contributed by atoms with Gasteiger partial charge in [0, 0.05) is 12.6 Å². The second kappa shape index (κ2) is 5.82. The summed E-state index contributed by atoms with van der Waals surface area (Å²) in [6, 6.07) is 0.0890. The van der Waals surface area contributed by atoms with Crippen molar-refractivity contribution in [2.75, 3.05) is 6.54 Å². The van der Waals surface area contributed by atoms with E-state index in [9.17, 15) is 4.79 Å². The zero-order chi connectivity index (χ0) is 12.1. The number of H-pyrrole nitrogens is 1. The lowest BCUT2D eigenvalue weighted by molar-refractivity contribution is 0.0911. The molecule has 0 radical (unpaired) electrons. The van der Waals surface area contributed by atoms with Crippen molar-refractivity contribution in [3.05, 3.63) is 18.2 Å². The number of nitrogens with one attached hydrogen (secondary N) is 2. The fraction of sp³-hybridized carbons (Fsp3) is 0.667. The van der Waals surface area contributed by atoms with Gasteiger partial charge in [0.15, 0.2) is 0 Å². The Labute approximate surface area is 101 Å². The molecule has 1 aromatic rings. The fourth-order valence-electron chi connectivity index (χ4n) is 2.53. The topological polar surface area (TPSA) is 83.8 Å². The normalized spacial score (nSPS) is 18.9. The van der Waals surface area contributed by atoms with E-state index in [1.165, 1.54) is 44.6 Å². The van der Waals surface area contributed by atoms with Gasteiger partial charge in [-0.2, -0.15) is 0 Å². The maximum absolute atomic E-state index is 11.9. The smallest absolute Gasteiger partial charge is 0.269 e. The van der Waals surface area contributed by atoms with Crippen molar-refractivity contribution in [2.24, 2.45) is 11.7 Å². The minimum Gasteiger partial charge on any atom is -0.346 e. The van der Waals surface area contributed by atoms with E-state index >= 15 is 0 Å². The quantitative estimate of drug-likeness (QED) is 0.730. The van der Waals surface area contributed by atoms with Gasteiger partial charge < -0.3 is 16.0 Å². The molecule has 17 heavy (non-hydrogen) atoms. The third-order valence-corrected chi connectivity index (χ3v) is 3.53. The summed E-state index contributed by atoms with van der Waals surface area (Å²) in [5, 5.41) is 3.00. The summed E-state index contributed by atoms with van der Waals surface area (Å²) in [6.07, 6.45) is 9.19. The Morgan fingerprint density at radius 2 is 2.29 bits per heavy atom. The number of amides is 1. The summed E-state index contributed by atoms with van der Waals surface area (Å²) in [7, 11) is 0. The van der Waals surface area contributed by atoms with Crippen molar-refractivity contribution in [1.29, 1.82) is 0 Å².